The summed E-state index contributed by atoms with van der Waals surface area (Å²) in [5, 5.41) is 3.04. The topological polar surface area (TPSA) is 29.1 Å². The Morgan fingerprint density at radius 2 is 1.20 bits per heavy atom. The summed E-state index contributed by atoms with van der Waals surface area (Å²) in [4.78, 5) is 13.9. The van der Waals surface area contributed by atoms with Crippen molar-refractivity contribution in [1.82, 2.24) is 5.32 Å². The molecule has 0 aliphatic rings. The molecule has 25 heavy (non-hydrogen) atoms. The molecule has 3 heteroatoms. The Morgan fingerprint density at radius 3 is 1.68 bits per heavy atom. The minimum atomic E-state index is -0.169. The Bertz CT molecular complexity index is 751. The van der Waals surface area contributed by atoms with E-state index in [1.807, 2.05) is 97.9 Å². The van der Waals surface area contributed by atoms with Crippen molar-refractivity contribution in [1.29, 1.82) is 0 Å². The van der Waals surface area contributed by atoms with Crippen molar-refractivity contribution in [2.24, 2.45) is 0 Å². The maximum absolute atomic E-state index is 12.8. The molecule has 3 aromatic rings. The number of hydrogen-bond donors (Lipinski definition) is 1. The standard InChI is InChI=1S/C22H21NOS/c1-17(25-20-15-9-4-10-16-20)22(24)23-21(18-11-5-2-6-12-18)19-13-7-3-8-14-19/h2-17,21H,1H3,(H,23,24)/t17-/m0/s1. The van der Waals surface area contributed by atoms with Gasteiger partial charge in [-0.1, -0.05) is 78.9 Å². The molecule has 0 saturated heterocycles. The highest BCUT2D eigenvalue weighted by Gasteiger charge is 2.21. The molecule has 2 nitrogen and oxygen atoms in total. The number of carbonyl (C=O) groups excluding carboxylic acids is 1. The fourth-order valence-electron chi connectivity index (χ4n) is 2.67. The van der Waals surface area contributed by atoms with Gasteiger partial charge in [0.2, 0.25) is 5.91 Å². The maximum Gasteiger partial charge on any atom is 0.233 e. The number of benzene rings is 3. The summed E-state index contributed by atoms with van der Waals surface area (Å²) in [6, 6.07) is 30.0. The molecule has 0 fully saturated rings. The quantitative estimate of drug-likeness (QED) is 0.631. The van der Waals surface area contributed by atoms with Crippen molar-refractivity contribution in [2.45, 2.75) is 23.1 Å². The summed E-state index contributed by atoms with van der Waals surface area (Å²) in [6.45, 7) is 1.94. The molecule has 0 radical (unpaired) electrons. The average Bonchev–Trinajstić information content (AvgIpc) is 2.68. The molecular weight excluding hydrogens is 326 g/mol. The lowest BCUT2D eigenvalue weighted by Crippen LogP contribution is -2.34. The number of thioether (sulfide) groups is 1. The fourth-order valence-corrected chi connectivity index (χ4v) is 3.56. The van der Waals surface area contributed by atoms with Gasteiger partial charge in [0, 0.05) is 4.90 Å². The second-order valence-electron chi connectivity index (χ2n) is 5.84. The third-order valence-electron chi connectivity index (χ3n) is 3.98. The lowest BCUT2D eigenvalue weighted by molar-refractivity contribution is -0.120. The minimum absolute atomic E-state index is 0.0339. The van der Waals surface area contributed by atoms with Gasteiger partial charge in [0.25, 0.3) is 0 Å². The van der Waals surface area contributed by atoms with Gasteiger partial charge in [-0.3, -0.25) is 4.79 Å². The Labute approximate surface area is 153 Å². The van der Waals surface area contributed by atoms with E-state index in [0.29, 0.717) is 0 Å². The normalized spacial score (nSPS) is 11.9. The largest absolute Gasteiger partial charge is 0.344 e. The van der Waals surface area contributed by atoms with Crippen LogP contribution in [-0.2, 0) is 4.79 Å². The number of rotatable bonds is 6. The van der Waals surface area contributed by atoms with Gasteiger partial charge in [-0.2, -0.15) is 0 Å². The molecule has 0 bridgehead atoms. The van der Waals surface area contributed by atoms with Crippen LogP contribution in [0.15, 0.2) is 95.9 Å². The third kappa shape index (κ3) is 4.74. The average molecular weight is 347 g/mol. The Hall–Kier alpha value is -2.52. The summed E-state index contributed by atoms with van der Waals surface area (Å²) >= 11 is 1.57. The number of amides is 1. The van der Waals surface area contributed by atoms with Crippen LogP contribution in [0.1, 0.15) is 24.1 Å². The van der Waals surface area contributed by atoms with Crippen LogP contribution in [-0.4, -0.2) is 11.2 Å². The molecule has 3 aromatic carbocycles. The minimum Gasteiger partial charge on any atom is -0.344 e. The third-order valence-corrected chi connectivity index (χ3v) is 5.09. The van der Waals surface area contributed by atoms with Crippen LogP contribution in [0.2, 0.25) is 0 Å². The molecule has 3 rings (SSSR count). The van der Waals surface area contributed by atoms with Crippen molar-refractivity contribution >= 4 is 17.7 Å². The second kappa shape index (κ2) is 8.54. The van der Waals surface area contributed by atoms with Gasteiger partial charge >= 0.3 is 0 Å². The summed E-state index contributed by atoms with van der Waals surface area (Å²) < 4.78 is 0. The number of nitrogens with one attached hydrogen (secondary N) is 1. The zero-order chi connectivity index (χ0) is 17.5. The maximum atomic E-state index is 12.8. The molecule has 0 saturated carbocycles. The van der Waals surface area contributed by atoms with Gasteiger partial charge in [-0.05, 0) is 30.2 Å². The highest BCUT2D eigenvalue weighted by atomic mass is 32.2. The Balaban J connectivity index is 1.77. The lowest BCUT2D eigenvalue weighted by atomic mass is 9.98. The van der Waals surface area contributed by atoms with Gasteiger partial charge in [-0.25, -0.2) is 0 Å². The van der Waals surface area contributed by atoms with Gasteiger partial charge < -0.3 is 5.32 Å². The first-order valence-corrected chi connectivity index (χ1v) is 9.24. The van der Waals surface area contributed by atoms with E-state index in [1.54, 1.807) is 11.8 Å². The van der Waals surface area contributed by atoms with Gasteiger partial charge in [-0.15, -0.1) is 11.8 Å². The first kappa shape index (κ1) is 17.3. The number of hydrogen-bond acceptors (Lipinski definition) is 2. The van der Waals surface area contributed by atoms with E-state index in [0.717, 1.165) is 16.0 Å². The molecule has 0 heterocycles. The first-order valence-electron chi connectivity index (χ1n) is 8.36. The predicted octanol–water partition coefficient (Wildman–Crippen LogP) is 5.07. The predicted molar refractivity (Wildman–Crippen MR) is 105 cm³/mol. The Kier molecular flexibility index (Phi) is 5.91. The molecule has 0 unspecified atom stereocenters. The summed E-state index contributed by atoms with van der Waals surface area (Å²) in [7, 11) is 0. The van der Waals surface area contributed by atoms with Crippen LogP contribution in [0.4, 0.5) is 0 Å². The second-order valence-corrected chi connectivity index (χ2v) is 7.25. The first-order chi connectivity index (χ1) is 12.2. The van der Waals surface area contributed by atoms with Crippen LogP contribution >= 0.6 is 11.8 Å². The van der Waals surface area contributed by atoms with Crippen LogP contribution in [0.5, 0.6) is 0 Å². The van der Waals surface area contributed by atoms with Crippen LogP contribution in [0.3, 0.4) is 0 Å². The van der Waals surface area contributed by atoms with Gasteiger partial charge in [0.1, 0.15) is 0 Å². The summed E-state index contributed by atoms with van der Waals surface area (Å²) in [6.07, 6.45) is 0. The molecule has 0 aliphatic heterocycles. The lowest BCUT2D eigenvalue weighted by Gasteiger charge is -2.22. The summed E-state index contributed by atoms with van der Waals surface area (Å²) in [5.74, 6) is 0.0339. The van der Waals surface area contributed by atoms with E-state index in [-0.39, 0.29) is 17.2 Å². The molecule has 1 amide bonds. The van der Waals surface area contributed by atoms with Crippen molar-refractivity contribution < 1.29 is 4.79 Å². The highest BCUT2D eigenvalue weighted by Crippen LogP contribution is 2.26. The van der Waals surface area contributed by atoms with Crippen LogP contribution in [0.25, 0.3) is 0 Å². The SMILES string of the molecule is C[C@H](Sc1ccccc1)C(=O)NC(c1ccccc1)c1ccccc1. The van der Waals surface area contributed by atoms with Crippen molar-refractivity contribution in [3.63, 3.8) is 0 Å². The van der Waals surface area contributed by atoms with Crippen molar-refractivity contribution in [3.8, 4) is 0 Å². The van der Waals surface area contributed by atoms with Gasteiger partial charge in [0.15, 0.2) is 0 Å². The monoisotopic (exact) mass is 347 g/mol. The molecule has 1 atom stereocenters. The van der Waals surface area contributed by atoms with E-state index in [2.05, 4.69) is 5.32 Å². The molecular formula is C22H21NOS. The van der Waals surface area contributed by atoms with E-state index in [1.165, 1.54) is 0 Å². The van der Waals surface area contributed by atoms with E-state index < -0.39 is 0 Å². The molecule has 126 valence electrons. The van der Waals surface area contributed by atoms with Crippen molar-refractivity contribution in [3.05, 3.63) is 102 Å². The van der Waals surface area contributed by atoms with Gasteiger partial charge in [0.05, 0.1) is 11.3 Å². The zero-order valence-electron chi connectivity index (χ0n) is 14.1. The van der Waals surface area contributed by atoms with E-state index in [9.17, 15) is 4.79 Å². The Morgan fingerprint density at radius 1 is 0.760 bits per heavy atom. The fraction of sp³-hybridized carbons (Fsp3) is 0.136. The smallest absolute Gasteiger partial charge is 0.233 e. The molecule has 0 aromatic heterocycles. The van der Waals surface area contributed by atoms with E-state index >= 15 is 0 Å². The van der Waals surface area contributed by atoms with Crippen LogP contribution in [0, 0.1) is 0 Å². The summed E-state index contributed by atoms with van der Waals surface area (Å²) in [5.41, 5.74) is 2.16. The molecule has 1 N–H and O–H groups in total. The van der Waals surface area contributed by atoms with E-state index in [4.69, 9.17) is 0 Å². The highest BCUT2D eigenvalue weighted by molar-refractivity contribution is 8.00. The van der Waals surface area contributed by atoms with Crippen LogP contribution < -0.4 is 5.32 Å². The van der Waals surface area contributed by atoms with Crippen molar-refractivity contribution in [2.75, 3.05) is 0 Å². The zero-order valence-corrected chi connectivity index (χ0v) is 14.9. The molecule has 0 aliphatic carbocycles. The molecule has 0 spiro atoms. The number of carbonyl (C=O) groups is 1.